The smallest absolute Gasteiger partial charge is 0.327 e. The number of nitrogens with zero attached hydrogens (tertiary/aromatic N) is 2. The molecule has 266 valence electrons. The number of carbonyl (C=O) groups excluding carboxylic acids is 2. The van der Waals surface area contributed by atoms with Crippen LogP contribution in [0.25, 0.3) is 0 Å². The van der Waals surface area contributed by atoms with Gasteiger partial charge < -0.3 is 30.2 Å². The fraction of sp³-hybridized carbons (Fsp3) is 0.824. The zero-order valence-corrected chi connectivity index (χ0v) is 28.3. The van der Waals surface area contributed by atoms with Crippen molar-refractivity contribution < 1.29 is 49.2 Å². The van der Waals surface area contributed by atoms with Crippen LogP contribution in [0.2, 0.25) is 0 Å². The maximum Gasteiger partial charge on any atom is 0.327 e. The summed E-state index contributed by atoms with van der Waals surface area (Å²) in [5.74, 6) is -7.13. The summed E-state index contributed by atoms with van der Waals surface area (Å²) < 4.78 is 0. The second-order valence-electron chi connectivity index (χ2n) is 12.2. The van der Waals surface area contributed by atoms with Gasteiger partial charge >= 0.3 is 23.9 Å². The summed E-state index contributed by atoms with van der Waals surface area (Å²) >= 11 is 0. The van der Waals surface area contributed by atoms with Crippen molar-refractivity contribution in [1.82, 2.24) is 9.80 Å². The summed E-state index contributed by atoms with van der Waals surface area (Å²) in [7, 11) is 0. The molecule has 0 spiro atoms. The van der Waals surface area contributed by atoms with E-state index in [-0.39, 0.29) is 12.8 Å². The molecule has 0 aromatic carbocycles. The highest BCUT2D eigenvalue weighted by molar-refractivity contribution is 5.88. The Balaban J connectivity index is 5.51. The Morgan fingerprint density at radius 3 is 0.935 bits per heavy atom. The van der Waals surface area contributed by atoms with Gasteiger partial charge in [-0.05, 0) is 12.8 Å². The van der Waals surface area contributed by atoms with E-state index in [2.05, 4.69) is 13.8 Å². The molecule has 0 bridgehead atoms. The van der Waals surface area contributed by atoms with Gasteiger partial charge in [-0.1, -0.05) is 117 Å². The fourth-order valence-electron chi connectivity index (χ4n) is 5.58. The normalized spacial score (nSPS) is 12.3. The molecular weight excluding hydrogens is 596 g/mol. The van der Waals surface area contributed by atoms with Gasteiger partial charge in [0.2, 0.25) is 11.8 Å². The Morgan fingerprint density at radius 1 is 0.435 bits per heavy atom. The molecule has 0 aliphatic heterocycles. The minimum atomic E-state index is -1.72. The van der Waals surface area contributed by atoms with Crippen LogP contribution in [0.15, 0.2) is 0 Å². The van der Waals surface area contributed by atoms with Crippen LogP contribution < -0.4 is 0 Å². The Kier molecular flexibility index (Phi) is 25.1. The number of hydrogen-bond donors (Lipinski definition) is 4. The van der Waals surface area contributed by atoms with E-state index in [0.717, 1.165) is 74.0 Å². The van der Waals surface area contributed by atoms with Crippen molar-refractivity contribution in [3.8, 4) is 0 Å². The molecule has 0 radical (unpaired) electrons. The molecular formula is C34H60N2O10. The third kappa shape index (κ3) is 20.8. The number of unbranched alkanes of at least 4 members (excludes halogenated alkanes) is 16. The first-order chi connectivity index (χ1) is 22.0. The highest BCUT2D eigenvalue weighted by Gasteiger charge is 2.35. The molecule has 0 heterocycles. The van der Waals surface area contributed by atoms with Crippen molar-refractivity contribution in [3.05, 3.63) is 0 Å². The van der Waals surface area contributed by atoms with Gasteiger partial charge in [-0.25, -0.2) is 9.59 Å². The minimum absolute atomic E-state index is 0.0247. The van der Waals surface area contributed by atoms with Crippen LogP contribution in [0.4, 0.5) is 0 Å². The van der Waals surface area contributed by atoms with Crippen molar-refractivity contribution >= 4 is 35.7 Å². The maximum absolute atomic E-state index is 13.3. The first-order valence-corrected chi connectivity index (χ1v) is 17.4. The molecule has 0 aliphatic carbocycles. The number of aliphatic carboxylic acids is 4. The van der Waals surface area contributed by atoms with Gasteiger partial charge in [0, 0.05) is 25.9 Å². The molecule has 2 atom stereocenters. The quantitative estimate of drug-likeness (QED) is 0.0613. The lowest BCUT2D eigenvalue weighted by Gasteiger charge is -2.33. The first kappa shape index (κ1) is 42.8. The Morgan fingerprint density at radius 2 is 0.696 bits per heavy atom. The third-order valence-electron chi connectivity index (χ3n) is 8.27. The molecule has 0 aliphatic rings. The molecule has 12 nitrogen and oxygen atoms in total. The van der Waals surface area contributed by atoms with E-state index >= 15 is 0 Å². The molecule has 0 fully saturated rings. The third-order valence-corrected chi connectivity index (χ3v) is 8.27. The highest BCUT2D eigenvalue weighted by Crippen LogP contribution is 2.17. The molecule has 2 unspecified atom stereocenters. The van der Waals surface area contributed by atoms with E-state index in [1.165, 1.54) is 38.5 Å². The zero-order valence-electron chi connectivity index (χ0n) is 28.3. The Hall–Kier alpha value is -3.18. The summed E-state index contributed by atoms with van der Waals surface area (Å²) in [5, 5.41) is 38.3. The van der Waals surface area contributed by atoms with Crippen LogP contribution in [0.3, 0.4) is 0 Å². The number of carbonyl (C=O) groups is 6. The molecule has 0 aromatic heterocycles. The lowest BCUT2D eigenvalue weighted by Crippen LogP contribution is -2.53. The molecule has 2 amide bonds. The zero-order chi connectivity index (χ0) is 34.7. The Labute approximate surface area is 274 Å². The molecule has 0 rings (SSSR count). The average molecular weight is 657 g/mol. The second-order valence-corrected chi connectivity index (χ2v) is 12.2. The van der Waals surface area contributed by atoms with Crippen LogP contribution in [-0.2, 0) is 28.8 Å². The Bertz CT molecular complexity index is 838. The van der Waals surface area contributed by atoms with E-state index in [0.29, 0.717) is 12.8 Å². The number of carboxylic acid groups (broad SMARTS) is 4. The molecule has 0 saturated carbocycles. The molecule has 0 aromatic rings. The first-order valence-electron chi connectivity index (χ1n) is 17.4. The van der Waals surface area contributed by atoms with E-state index in [9.17, 15) is 49.2 Å². The molecule has 12 heteroatoms. The van der Waals surface area contributed by atoms with Gasteiger partial charge in [0.25, 0.3) is 0 Å². The van der Waals surface area contributed by atoms with Crippen LogP contribution in [0.5, 0.6) is 0 Å². The van der Waals surface area contributed by atoms with Crippen molar-refractivity contribution in [2.24, 2.45) is 0 Å². The standard InChI is InChI=1S/C34H60N2O10/c1-3-5-7-9-11-13-15-17-19-21-29(37)35(27(33(43)44)25-31(39)40)23-24-36(28(34(45)46)26-32(41)42)30(38)22-20-18-16-14-12-10-8-6-4-2/h27-28H,3-26H2,1-2H3,(H,39,40)(H,41,42)(H,43,44)(H,45,46). The van der Waals surface area contributed by atoms with Gasteiger partial charge in [-0.3, -0.25) is 19.2 Å². The highest BCUT2D eigenvalue weighted by atomic mass is 16.4. The minimum Gasteiger partial charge on any atom is -0.481 e. The van der Waals surface area contributed by atoms with Crippen molar-refractivity contribution in [2.75, 3.05) is 13.1 Å². The van der Waals surface area contributed by atoms with E-state index in [4.69, 9.17) is 0 Å². The van der Waals surface area contributed by atoms with E-state index in [1.54, 1.807) is 0 Å². The van der Waals surface area contributed by atoms with Crippen LogP contribution in [-0.4, -0.2) is 91.1 Å². The lowest BCUT2D eigenvalue weighted by atomic mass is 10.0. The number of rotatable bonds is 31. The van der Waals surface area contributed by atoms with Gasteiger partial charge in [0.05, 0.1) is 12.8 Å². The van der Waals surface area contributed by atoms with Gasteiger partial charge in [-0.2, -0.15) is 0 Å². The second kappa shape index (κ2) is 27.0. The monoisotopic (exact) mass is 656 g/mol. The maximum atomic E-state index is 13.3. The SMILES string of the molecule is CCCCCCCCCCCC(=O)N(CCN(C(=O)CCCCCCCCCCC)C(CC(=O)O)C(=O)O)C(CC(=O)O)C(=O)O. The van der Waals surface area contributed by atoms with Gasteiger partial charge in [0.1, 0.15) is 12.1 Å². The van der Waals surface area contributed by atoms with Crippen molar-refractivity contribution in [3.63, 3.8) is 0 Å². The summed E-state index contributed by atoms with van der Waals surface area (Å²) in [5.41, 5.74) is 0. The largest absolute Gasteiger partial charge is 0.481 e. The fourth-order valence-corrected chi connectivity index (χ4v) is 5.58. The van der Waals surface area contributed by atoms with Crippen LogP contribution in [0, 0.1) is 0 Å². The average Bonchev–Trinajstić information content (AvgIpc) is 2.99. The summed E-state index contributed by atoms with van der Waals surface area (Å²) in [6.45, 7) is 3.43. The topological polar surface area (TPSA) is 190 Å². The van der Waals surface area contributed by atoms with Gasteiger partial charge in [-0.15, -0.1) is 0 Å². The lowest BCUT2D eigenvalue weighted by molar-refractivity contribution is -0.157. The van der Waals surface area contributed by atoms with Crippen LogP contribution in [0.1, 0.15) is 155 Å². The predicted octanol–water partition coefficient (Wildman–Crippen LogP) is 6.34. The summed E-state index contributed by atoms with van der Waals surface area (Å²) in [4.78, 5) is 75.4. The number of amides is 2. The van der Waals surface area contributed by atoms with Crippen LogP contribution >= 0.6 is 0 Å². The molecule has 4 N–H and O–H groups in total. The molecule has 46 heavy (non-hydrogen) atoms. The number of hydrogen-bond acceptors (Lipinski definition) is 6. The summed E-state index contributed by atoms with van der Waals surface area (Å²) in [6.07, 6.45) is 16.1. The predicted molar refractivity (Wildman–Crippen MR) is 174 cm³/mol. The van der Waals surface area contributed by atoms with Crippen molar-refractivity contribution in [1.29, 1.82) is 0 Å². The van der Waals surface area contributed by atoms with E-state index < -0.39 is 73.7 Å². The summed E-state index contributed by atoms with van der Waals surface area (Å²) in [6, 6.07) is -3.44. The van der Waals surface area contributed by atoms with E-state index in [1.807, 2.05) is 0 Å². The molecule has 0 saturated heterocycles. The van der Waals surface area contributed by atoms with Gasteiger partial charge in [0.15, 0.2) is 0 Å². The van der Waals surface area contributed by atoms with Crippen molar-refractivity contribution in [2.45, 2.75) is 167 Å². The number of carboxylic acids is 4.